The van der Waals surface area contributed by atoms with Gasteiger partial charge in [-0.2, -0.15) is 0 Å². The predicted molar refractivity (Wildman–Crippen MR) is 39.0 cm³/mol. The molecule has 0 aromatic rings. The van der Waals surface area contributed by atoms with Crippen LogP contribution >= 0.6 is 15.9 Å². The molecule has 0 spiro atoms. The van der Waals surface area contributed by atoms with Gasteiger partial charge in [0.1, 0.15) is 0 Å². The molecule has 1 nitrogen and oxygen atoms in total. The molecule has 8 heavy (non-hydrogen) atoms. The quantitative estimate of drug-likeness (QED) is 0.466. The van der Waals surface area contributed by atoms with Crippen LogP contribution in [0.4, 0.5) is 0 Å². The Bertz CT molecular complexity index is 33.5. The maximum atomic E-state index is 4.99. The maximum absolute atomic E-state index is 4.99. The molecule has 0 heterocycles. The molecule has 0 N–H and O–H groups in total. The zero-order chi connectivity index (χ0) is 6.24. The van der Waals surface area contributed by atoms with E-state index in [-0.39, 0.29) is 0 Å². The van der Waals surface area contributed by atoms with Gasteiger partial charge >= 0.3 is 0 Å². The van der Waals surface area contributed by atoms with Crippen molar-refractivity contribution >= 4 is 15.9 Å². The third kappa shape index (κ3) is 6.44. The number of ether oxygens (including phenoxy) is 1. The van der Waals surface area contributed by atoms with Crippen LogP contribution in [0.25, 0.3) is 0 Å². The van der Waals surface area contributed by atoms with Crippen LogP contribution in [0.1, 0.15) is 19.8 Å². The number of hydrogen-bond acceptors (Lipinski definition) is 1. The number of hydrogen-bond donors (Lipinski definition) is 0. The van der Waals surface area contributed by atoms with E-state index in [2.05, 4.69) is 15.9 Å². The number of alkyl halides is 1. The summed E-state index contributed by atoms with van der Waals surface area (Å²) in [5.74, 6) is 0. The van der Waals surface area contributed by atoms with Crippen molar-refractivity contribution < 1.29 is 4.74 Å². The molecule has 0 rings (SSSR count). The third-order valence-corrected chi connectivity index (χ3v) is 1.37. The van der Waals surface area contributed by atoms with E-state index in [9.17, 15) is 0 Å². The standard InChI is InChI=1S/C6H12BrO/c1-2-8-6-4-3-5-7/h2H,3-6H2,1H3. The van der Waals surface area contributed by atoms with E-state index in [4.69, 9.17) is 4.74 Å². The van der Waals surface area contributed by atoms with E-state index in [1.807, 2.05) is 6.92 Å². The van der Waals surface area contributed by atoms with Gasteiger partial charge in [-0.1, -0.05) is 15.9 Å². The molecule has 49 valence electrons. The van der Waals surface area contributed by atoms with Crippen LogP contribution < -0.4 is 0 Å². The Balaban J connectivity index is 2.53. The van der Waals surface area contributed by atoms with E-state index < -0.39 is 0 Å². The lowest BCUT2D eigenvalue weighted by molar-refractivity contribution is 0.200. The fourth-order valence-electron chi connectivity index (χ4n) is 0.398. The van der Waals surface area contributed by atoms with Crippen LogP contribution in [-0.2, 0) is 4.74 Å². The molecule has 0 saturated carbocycles. The highest BCUT2D eigenvalue weighted by atomic mass is 79.9. The summed E-state index contributed by atoms with van der Waals surface area (Å²) in [5, 5.41) is 1.08. The van der Waals surface area contributed by atoms with Gasteiger partial charge in [0.2, 0.25) is 0 Å². The van der Waals surface area contributed by atoms with Crippen molar-refractivity contribution in [3.8, 4) is 0 Å². The zero-order valence-corrected chi connectivity index (χ0v) is 6.78. The molecule has 0 amide bonds. The fourth-order valence-corrected chi connectivity index (χ4v) is 0.794. The molecular weight excluding hydrogens is 168 g/mol. The average Bonchev–Trinajstić information content (AvgIpc) is 1.81. The van der Waals surface area contributed by atoms with Crippen molar-refractivity contribution in [2.45, 2.75) is 19.8 Å². The molecule has 0 fully saturated rings. The highest BCUT2D eigenvalue weighted by Crippen LogP contribution is 1.94. The molecule has 1 radical (unpaired) electrons. The molecule has 0 aliphatic carbocycles. The SMILES string of the molecule is C[CH]OCCCCBr. The molecule has 0 aliphatic rings. The summed E-state index contributed by atoms with van der Waals surface area (Å²) < 4.78 is 4.99. The summed E-state index contributed by atoms with van der Waals surface area (Å²) in [6.07, 6.45) is 2.35. The number of unbranched alkanes of at least 4 members (excludes halogenated alkanes) is 1. The fraction of sp³-hybridized carbons (Fsp3) is 0.833. The first-order chi connectivity index (χ1) is 3.91. The van der Waals surface area contributed by atoms with E-state index in [0.717, 1.165) is 18.4 Å². The lowest BCUT2D eigenvalue weighted by Gasteiger charge is -1.95. The van der Waals surface area contributed by atoms with Crippen molar-refractivity contribution in [3.05, 3.63) is 6.61 Å². The lowest BCUT2D eigenvalue weighted by atomic mass is 10.4. The van der Waals surface area contributed by atoms with E-state index in [1.165, 1.54) is 6.42 Å². The van der Waals surface area contributed by atoms with Gasteiger partial charge in [0.15, 0.2) is 0 Å². The first-order valence-electron chi connectivity index (χ1n) is 2.87. The third-order valence-electron chi connectivity index (χ3n) is 0.812. The second kappa shape index (κ2) is 7.44. The Morgan fingerprint density at radius 3 is 2.75 bits per heavy atom. The molecule has 0 unspecified atom stereocenters. The molecule has 0 bridgehead atoms. The Morgan fingerprint density at radius 2 is 2.25 bits per heavy atom. The summed E-state index contributed by atoms with van der Waals surface area (Å²) in [5.41, 5.74) is 0. The van der Waals surface area contributed by atoms with Crippen molar-refractivity contribution in [1.29, 1.82) is 0 Å². The normalized spacial score (nSPS) is 9.75. The van der Waals surface area contributed by atoms with Crippen LogP contribution in [0.2, 0.25) is 0 Å². The van der Waals surface area contributed by atoms with Crippen molar-refractivity contribution in [3.63, 3.8) is 0 Å². The van der Waals surface area contributed by atoms with Crippen LogP contribution in [0.15, 0.2) is 0 Å². The van der Waals surface area contributed by atoms with Gasteiger partial charge in [-0.25, -0.2) is 0 Å². The smallest absolute Gasteiger partial charge is 0.0805 e. The summed E-state index contributed by atoms with van der Waals surface area (Å²) in [6.45, 7) is 4.49. The summed E-state index contributed by atoms with van der Waals surface area (Å²) >= 11 is 3.34. The van der Waals surface area contributed by atoms with Crippen LogP contribution in [0.3, 0.4) is 0 Å². The minimum absolute atomic E-state index is 0.863. The molecule has 0 aromatic carbocycles. The average molecular weight is 180 g/mol. The van der Waals surface area contributed by atoms with Gasteiger partial charge in [-0.05, 0) is 19.8 Å². The first kappa shape index (κ1) is 8.44. The van der Waals surface area contributed by atoms with Crippen molar-refractivity contribution in [2.75, 3.05) is 11.9 Å². The van der Waals surface area contributed by atoms with E-state index >= 15 is 0 Å². The predicted octanol–water partition coefficient (Wildman–Crippen LogP) is 2.36. The minimum atomic E-state index is 0.863. The van der Waals surface area contributed by atoms with E-state index in [1.54, 1.807) is 6.61 Å². The second-order valence-corrected chi connectivity index (χ2v) is 2.30. The largest absolute Gasteiger partial charge is 0.376 e. The monoisotopic (exact) mass is 179 g/mol. The van der Waals surface area contributed by atoms with Gasteiger partial charge in [0.05, 0.1) is 6.61 Å². The lowest BCUT2D eigenvalue weighted by Crippen LogP contribution is -1.89. The number of rotatable bonds is 5. The zero-order valence-electron chi connectivity index (χ0n) is 5.19. The molecular formula is C6H12BrO. The van der Waals surface area contributed by atoms with Gasteiger partial charge in [-0.15, -0.1) is 0 Å². The van der Waals surface area contributed by atoms with Crippen LogP contribution in [-0.4, -0.2) is 11.9 Å². The first-order valence-corrected chi connectivity index (χ1v) is 3.99. The molecule has 0 atom stereocenters. The number of halogens is 1. The van der Waals surface area contributed by atoms with Crippen molar-refractivity contribution in [1.82, 2.24) is 0 Å². The Hall–Kier alpha value is 0.440. The highest BCUT2D eigenvalue weighted by molar-refractivity contribution is 9.09. The Morgan fingerprint density at radius 1 is 1.50 bits per heavy atom. The second-order valence-electron chi connectivity index (χ2n) is 1.50. The minimum Gasteiger partial charge on any atom is -0.376 e. The van der Waals surface area contributed by atoms with Gasteiger partial charge in [-0.3, -0.25) is 0 Å². The molecule has 2 heteroatoms. The summed E-state index contributed by atoms with van der Waals surface area (Å²) in [4.78, 5) is 0. The Kier molecular flexibility index (Phi) is 7.85. The molecule has 0 saturated heterocycles. The van der Waals surface area contributed by atoms with Gasteiger partial charge in [0, 0.05) is 11.9 Å². The van der Waals surface area contributed by atoms with E-state index in [0.29, 0.717) is 0 Å². The summed E-state index contributed by atoms with van der Waals surface area (Å²) in [7, 11) is 0. The van der Waals surface area contributed by atoms with Gasteiger partial charge < -0.3 is 4.74 Å². The van der Waals surface area contributed by atoms with Gasteiger partial charge in [0.25, 0.3) is 0 Å². The van der Waals surface area contributed by atoms with Crippen LogP contribution in [0.5, 0.6) is 0 Å². The highest BCUT2D eigenvalue weighted by Gasteiger charge is 1.83. The van der Waals surface area contributed by atoms with Crippen LogP contribution in [0, 0.1) is 6.61 Å². The van der Waals surface area contributed by atoms with Crippen molar-refractivity contribution in [2.24, 2.45) is 0 Å². The molecule has 0 aromatic heterocycles. The topological polar surface area (TPSA) is 9.23 Å². The molecule has 0 aliphatic heterocycles. The Labute approximate surface area is 59.5 Å². The maximum Gasteiger partial charge on any atom is 0.0805 e. The summed E-state index contributed by atoms with van der Waals surface area (Å²) in [6, 6.07) is 0.